The lowest BCUT2D eigenvalue weighted by Crippen LogP contribution is -2.15. The van der Waals surface area contributed by atoms with Crippen LogP contribution in [0.1, 0.15) is 36.3 Å². The molecule has 7 nitrogen and oxygen atoms in total. The third-order valence-corrected chi connectivity index (χ3v) is 2.81. The minimum atomic E-state index is -0.438. The van der Waals surface area contributed by atoms with Gasteiger partial charge in [0.1, 0.15) is 5.56 Å². The lowest BCUT2D eigenvalue weighted by Gasteiger charge is -2.09. The van der Waals surface area contributed by atoms with Crippen LogP contribution in [0.3, 0.4) is 0 Å². The molecule has 102 valence electrons. The largest absolute Gasteiger partial charge is 0.462 e. The van der Waals surface area contributed by atoms with Crippen molar-refractivity contribution in [3.05, 3.63) is 17.5 Å². The maximum atomic E-state index is 12.0. The van der Waals surface area contributed by atoms with E-state index in [-0.39, 0.29) is 0 Å². The van der Waals surface area contributed by atoms with Gasteiger partial charge in [0.25, 0.3) is 0 Å². The number of pyridine rings is 1. The molecule has 0 bridgehead atoms. The van der Waals surface area contributed by atoms with Crippen molar-refractivity contribution in [2.75, 3.05) is 12.0 Å². The van der Waals surface area contributed by atoms with Gasteiger partial charge in [-0.25, -0.2) is 9.78 Å². The van der Waals surface area contributed by atoms with Gasteiger partial charge in [-0.05, 0) is 12.8 Å². The Morgan fingerprint density at radius 1 is 1.53 bits per heavy atom. The van der Waals surface area contributed by atoms with E-state index in [1.54, 1.807) is 0 Å². The SMILES string of the molecule is CCCOC(=O)c1cnc2n[nH]c(CC)c2c1NN. The van der Waals surface area contributed by atoms with Gasteiger partial charge in [0.15, 0.2) is 5.65 Å². The molecule has 0 fully saturated rings. The average Bonchev–Trinajstić information content (AvgIpc) is 2.86. The number of fused-ring (bicyclic) bond motifs is 1. The summed E-state index contributed by atoms with van der Waals surface area (Å²) < 4.78 is 5.11. The molecule has 2 aromatic heterocycles. The molecule has 2 rings (SSSR count). The van der Waals surface area contributed by atoms with E-state index in [0.717, 1.165) is 23.9 Å². The quantitative estimate of drug-likeness (QED) is 0.427. The van der Waals surface area contributed by atoms with E-state index in [1.165, 1.54) is 6.20 Å². The summed E-state index contributed by atoms with van der Waals surface area (Å²) in [6, 6.07) is 0. The van der Waals surface area contributed by atoms with Crippen LogP contribution in [0.5, 0.6) is 0 Å². The summed E-state index contributed by atoms with van der Waals surface area (Å²) in [5.74, 6) is 5.10. The Kier molecular flexibility index (Phi) is 3.96. The van der Waals surface area contributed by atoms with Gasteiger partial charge in [0.2, 0.25) is 0 Å². The number of carbonyl (C=O) groups excluding carboxylic acids is 1. The molecule has 0 aliphatic rings. The van der Waals surface area contributed by atoms with Crippen LogP contribution < -0.4 is 11.3 Å². The van der Waals surface area contributed by atoms with Crippen molar-refractivity contribution in [3.8, 4) is 0 Å². The van der Waals surface area contributed by atoms with Crippen LogP contribution in [0, 0.1) is 0 Å². The fourth-order valence-electron chi connectivity index (χ4n) is 1.88. The lowest BCUT2D eigenvalue weighted by atomic mass is 10.1. The summed E-state index contributed by atoms with van der Waals surface area (Å²) in [6.45, 7) is 4.28. The van der Waals surface area contributed by atoms with E-state index in [1.807, 2.05) is 13.8 Å². The Balaban J connectivity index is 2.52. The predicted octanol–water partition coefficient (Wildman–Crippen LogP) is 1.37. The maximum absolute atomic E-state index is 12.0. The topological polar surface area (TPSA) is 106 Å². The van der Waals surface area contributed by atoms with Gasteiger partial charge in [0.05, 0.1) is 17.7 Å². The summed E-state index contributed by atoms with van der Waals surface area (Å²) >= 11 is 0. The number of esters is 1. The number of nitrogens with zero attached hydrogens (tertiary/aromatic N) is 2. The minimum Gasteiger partial charge on any atom is -0.462 e. The first kappa shape index (κ1) is 13.3. The molecule has 0 unspecified atom stereocenters. The maximum Gasteiger partial charge on any atom is 0.341 e. The minimum absolute atomic E-state index is 0.319. The van der Waals surface area contributed by atoms with E-state index in [9.17, 15) is 4.79 Å². The summed E-state index contributed by atoms with van der Waals surface area (Å²) in [7, 11) is 0. The molecule has 0 aliphatic heterocycles. The van der Waals surface area contributed by atoms with Crippen molar-refractivity contribution >= 4 is 22.7 Å². The molecule has 0 amide bonds. The zero-order chi connectivity index (χ0) is 13.8. The van der Waals surface area contributed by atoms with E-state index in [2.05, 4.69) is 20.6 Å². The molecule has 0 spiro atoms. The summed E-state index contributed by atoms with van der Waals surface area (Å²) in [4.78, 5) is 16.1. The van der Waals surface area contributed by atoms with Gasteiger partial charge in [-0.3, -0.25) is 10.9 Å². The highest BCUT2D eigenvalue weighted by Crippen LogP contribution is 2.27. The molecule has 2 aromatic rings. The Morgan fingerprint density at radius 2 is 2.32 bits per heavy atom. The van der Waals surface area contributed by atoms with Gasteiger partial charge < -0.3 is 10.2 Å². The summed E-state index contributed by atoms with van der Waals surface area (Å²) in [5.41, 5.74) is 4.77. The number of anilines is 1. The standard InChI is InChI=1S/C12H17N5O2/c1-3-5-19-12(18)7-6-14-11-9(10(7)15-13)8(4-2)16-17-11/h6H,3-5,13H2,1-2H3,(H2,14,15,16,17). The second-order valence-corrected chi connectivity index (χ2v) is 4.08. The second-order valence-electron chi connectivity index (χ2n) is 4.08. The molecule has 4 N–H and O–H groups in total. The van der Waals surface area contributed by atoms with Crippen LogP contribution in [0.2, 0.25) is 0 Å². The Labute approximate surface area is 110 Å². The van der Waals surface area contributed by atoms with Crippen molar-refractivity contribution in [1.29, 1.82) is 0 Å². The Hall–Kier alpha value is -2.15. The smallest absolute Gasteiger partial charge is 0.341 e. The molecule has 0 atom stereocenters. The molecule has 0 aromatic carbocycles. The fourth-order valence-corrected chi connectivity index (χ4v) is 1.88. The number of ether oxygens (including phenoxy) is 1. The van der Waals surface area contributed by atoms with Crippen LogP contribution in [0.25, 0.3) is 11.0 Å². The first-order chi connectivity index (χ1) is 9.22. The Bertz CT molecular complexity index is 593. The van der Waals surface area contributed by atoms with Crippen LogP contribution >= 0.6 is 0 Å². The molecular weight excluding hydrogens is 246 g/mol. The third-order valence-electron chi connectivity index (χ3n) is 2.81. The molecule has 0 saturated carbocycles. The zero-order valence-electron chi connectivity index (χ0n) is 11.0. The van der Waals surface area contributed by atoms with Gasteiger partial charge in [-0.2, -0.15) is 5.10 Å². The van der Waals surface area contributed by atoms with Crippen molar-refractivity contribution < 1.29 is 9.53 Å². The molecular formula is C12H17N5O2. The van der Waals surface area contributed by atoms with E-state index >= 15 is 0 Å². The van der Waals surface area contributed by atoms with Gasteiger partial charge in [-0.1, -0.05) is 13.8 Å². The van der Waals surface area contributed by atoms with E-state index in [4.69, 9.17) is 10.6 Å². The van der Waals surface area contributed by atoms with Crippen LogP contribution in [-0.4, -0.2) is 27.8 Å². The lowest BCUT2D eigenvalue weighted by molar-refractivity contribution is 0.0506. The first-order valence-corrected chi connectivity index (χ1v) is 6.22. The fraction of sp³-hybridized carbons (Fsp3) is 0.417. The Morgan fingerprint density at radius 3 is 2.95 bits per heavy atom. The number of rotatable bonds is 5. The van der Waals surface area contributed by atoms with E-state index < -0.39 is 5.97 Å². The summed E-state index contributed by atoms with van der Waals surface area (Å²) in [6.07, 6.45) is 2.93. The summed E-state index contributed by atoms with van der Waals surface area (Å²) in [5, 5.41) is 7.70. The van der Waals surface area contributed by atoms with Crippen molar-refractivity contribution in [2.45, 2.75) is 26.7 Å². The molecule has 0 saturated heterocycles. The number of nitrogens with two attached hydrogens (primary N) is 1. The molecule has 19 heavy (non-hydrogen) atoms. The number of nitrogens with one attached hydrogen (secondary N) is 2. The van der Waals surface area contributed by atoms with Crippen LogP contribution in [0.4, 0.5) is 5.69 Å². The van der Waals surface area contributed by atoms with Crippen molar-refractivity contribution in [1.82, 2.24) is 15.2 Å². The molecule has 2 heterocycles. The number of nitrogen functional groups attached to an aromatic ring is 1. The van der Waals surface area contributed by atoms with Gasteiger partial charge >= 0.3 is 5.97 Å². The van der Waals surface area contributed by atoms with Crippen molar-refractivity contribution in [3.63, 3.8) is 0 Å². The average molecular weight is 263 g/mol. The number of carbonyl (C=O) groups is 1. The van der Waals surface area contributed by atoms with Crippen LogP contribution in [-0.2, 0) is 11.2 Å². The highest BCUT2D eigenvalue weighted by Gasteiger charge is 2.19. The highest BCUT2D eigenvalue weighted by molar-refractivity contribution is 6.04. The normalized spacial score (nSPS) is 10.7. The van der Waals surface area contributed by atoms with Gasteiger partial charge in [-0.15, -0.1) is 0 Å². The number of hydrogen-bond acceptors (Lipinski definition) is 6. The zero-order valence-corrected chi connectivity index (χ0v) is 11.0. The third kappa shape index (κ3) is 2.37. The molecule has 0 radical (unpaired) electrons. The first-order valence-electron chi connectivity index (χ1n) is 6.22. The predicted molar refractivity (Wildman–Crippen MR) is 71.7 cm³/mol. The monoisotopic (exact) mass is 263 g/mol. The molecule has 0 aliphatic carbocycles. The van der Waals surface area contributed by atoms with Crippen molar-refractivity contribution in [2.24, 2.45) is 5.84 Å². The second kappa shape index (κ2) is 5.66. The number of aromatic amines is 1. The number of H-pyrrole nitrogens is 1. The number of aryl methyl sites for hydroxylation is 1. The van der Waals surface area contributed by atoms with E-state index in [0.29, 0.717) is 23.5 Å². The number of aromatic nitrogens is 3. The molecule has 7 heteroatoms. The number of hydrazine groups is 1. The van der Waals surface area contributed by atoms with Gasteiger partial charge in [0, 0.05) is 11.9 Å². The van der Waals surface area contributed by atoms with Crippen LogP contribution in [0.15, 0.2) is 6.20 Å². The highest BCUT2D eigenvalue weighted by atomic mass is 16.5. The number of hydrogen-bond donors (Lipinski definition) is 3.